The lowest BCUT2D eigenvalue weighted by molar-refractivity contribution is 0.0896. The molecule has 0 atom stereocenters. The maximum absolute atomic E-state index is 13.7. The molecule has 1 saturated carbocycles. The fourth-order valence-corrected chi connectivity index (χ4v) is 2.89. The van der Waals surface area contributed by atoms with E-state index in [0.29, 0.717) is 12.6 Å². The lowest BCUT2D eigenvalue weighted by atomic mass is 9.96. The largest absolute Gasteiger partial charge is 0.396 e. The molecule has 0 saturated heterocycles. The minimum absolute atomic E-state index is 0.0856. The Morgan fingerprint density at radius 1 is 1.29 bits per heavy atom. The standard InChI is InChI=1S/C15H21F2N3O/c1-20(2)15(5-3-4-6-15)9-19-14(21)10-7-13(18)12(17)8-11(10)16/h7-8H,3-6,9,18H2,1-2H3,(H,19,21). The number of rotatable bonds is 4. The fourth-order valence-electron chi connectivity index (χ4n) is 2.89. The van der Waals surface area contributed by atoms with Crippen LogP contribution in [0.15, 0.2) is 12.1 Å². The smallest absolute Gasteiger partial charge is 0.254 e. The normalized spacial score (nSPS) is 17.2. The van der Waals surface area contributed by atoms with Gasteiger partial charge >= 0.3 is 0 Å². The summed E-state index contributed by atoms with van der Waals surface area (Å²) in [6, 6.07) is 1.68. The summed E-state index contributed by atoms with van der Waals surface area (Å²) in [6.07, 6.45) is 4.22. The first-order valence-corrected chi connectivity index (χ1v) is 7.06. The number of hydrogen-bond donors (Lipinski definition) is 2. The van der Waals surface area contributed by atoms with Crippen molar-refractivity contribution in [1.82, 2.24) is 10.2 Å². The summed E-state index contributed by atoms with van der Waals surface area (Å²) in [5, 5.41) is 2.75. The molecular weight excluding hydrogens is 276 g/mol. The highest BCUT2D eigenvalue weighted by Crippen LogP contribution is 2.33. The first kappa shape index (κ1) is 15.7. The van der Waals surface area contributed by atoms with Gasteiger partial charge in [0.15, 0.2) is 0 Å². The van der Waals surface area contributed by atoms with Crippen molar-refractivity contribution in [3.8, 4) is 0 Å². The Balaban J connectivity index is 2.10. The number of amides is 1. The van der Waals surface area contributed by atoms with Gasteiger partial charge in [0.2, 0.25) is 0 Å². The molecule has 116 valence electrons. The number of halogens is 2. The molecule has 1 fully saturated rings. The van der Waals surface area contributed by atoms with E-state index in [0.717, 1.165) is 31.7 Å². The Labute approximate surface area is 123 Å². The van der Waals surface area contributed by atoms with Crippen LogP contribution >= 0.6 is 0 Å². The number of carbonyl (C=O) groups excluding carboxylic acids is 1. The number of carbonyl (C=O) groups is 1. The third-order valence-corrected chi connectivity index (χ3v) is 4.39. The average molecular weight is 297 g/mol. The van der Waals surface area contributed by atoms with Crippen molar-refractivity contribution in [1.29, 1.82) is 0 Å². The molecule has 0 heterocycles. The highest BCUT2D eigenvalue weighted by Gasteiger charge is 2.36. The summed E-state index contributed by atoms with van der Waals surface area (Å²) >= 11 is 0. The molecule has 1 amide bonds. The van der Waals surface area contributed by atoms with Crippen LogP contribution in [0.25, 0.3) is 0 Å². The third-order valence-electron chi connectivity index (χ3n) is 4.39. The van der Waals surface area contributed by atoms with Gasteiger partial charge in [-0.2, -0.15) is 0 Å². The zero-order chi connectivity index (χ0) is 15.6. The van der Waals surface area contributed by atoms with Gasteiger partial charge in [-0.1, -0.05) is 12.8 Å². The number of hydrogen-bond acceptors (Lipinski definition) is 3. The molecule has 1 aliphatic carbocycles. The van der Waals surface area contributed by atoms with E-state index in [1.165, 1.54) is 0 Å². The number of nitrogens with one attached hydrogen (secondary N) is 1. The number of anilines is 1. The molecule has 21 heavy (non-hydrogen) atoms. The van der Waals surface area contributed by atoms with Crippen LogP contribution in [0.5, 0.6) is 0 Å². The van der Waals surface area contributed by atoms with Crippen LogP contribution < -0.4 is 11.1 Å². The Hall–Kier alpha value is -1.69. The van der Waals surface area contributed by atoms with Crippen molar-refractivity contribution in [3.63, 3.8) is 0 Å². The van der Waals surface area contributed by atoms with E-state index < -0.39 is 17.5 Å². The lowest BCUT2D eigenvalue weighted by Gasteiger charge is -2.36. The van der Waals surface area contributed by atoms with Crippen molar-refractivity contribution in [2.45, 2.75) is 31.2 Å². The second-order valence-electron chi connectivity index (χ2n) is 5.86. The topological polar surface area (TPSA) is 58.4 Å². The van der Waals surface area contributed by atoms with Crippen molar-refractivity contribution < 1.29 is 13.6 Å². The minimum atomic E-state index is -0.899. The SMILES string of the molecule is CN(C)C1(CNC(=O)c2cc(N)c(F)cc2F)CCCC1. The number of nitrogens with two attached hydrogens (primary N) is 1. The van der Waals surface area contributed by atoms with E-state index in [1.54, 1.807) is 0 Å². The lowest BCUT2D eigenvalue weighted by Crippen LogP contribution is -2.50. The van der Waals surface area contributed by atoms with Crippen LogP contribution in [0.3, 0.4) is 0 Å². The van der Waals surface area contributed by atoms with Gasteiger partial charge in [-0.25, -0.2) is 8.78 Å². The second kappa shape index (κ2) is 5.97. The molecule has 1 aromatic carbocycles. The van der Waals surface area contributed by atoms with Crippen LogP contribution in [-0.2, 0) is 0 Å². The average Bonchev–Trinajstić information content (AvgIpc) is 2.90. The minimum Gasteiger partial charge on any atom is -0.396 e. The summed E-state index contributed by atoms with van der Waals surface area (Å²) in [7, 11) is 3.96. The first-order valence-electron chi connectivity index (χ1n) is 7.06. The number of nitrogens with zero attached hydrogens (tertiary/aromatic N) is 1. The monoisotopic (exact) mass is 297 g/mol. The van der Waals surface area contributed by atoms with E-state index in [2.05, 4.69) is 10.2 Å². The quantitative estimate of drug-likeness (QED) is 0.837. The van der Waals surface area contributed by atoms with E-state index in [-0.39, 0.29) is 16.8 Å². The van der Waals surface area contributed by atoms with E-state index in [4.69, 9.17) is 5.73 Å². The Morgan fingerprint density at radius 3 is 2.48 bits per heavy atom. The summed E-state index contributed by atoms with van der Waals surface area (Å²) in [5.74, 6) is -2.32. The molecular formula is C15H21F2N3O. The molecule has 0 radical (unpaired) electrons. The van der Waals surface area contributed by atoms with E-state index in [9.17, 15) is 13.6 Å². The maximum atomic E-state index is 13.7. The zero-order valence-corrected chi connectivity index (χ0v) is 12.4. The number of likely N-dealkylation sites (N-methyl/N-ethyl adjacent to an activating group) is 1. The summed E-state index contributed by atoms with van der Waals surface area (Å²) in [5.41, 5.74) is 4.85. The van der Waals surface area contributed by atoms with Gasteiger partial charge in [0.05, 0.1) is 11.3 Å². The maximum Gasteiger partial charge on any atom is 0.254 e. The van der Waals surface area contributed by atoms with Gasteiger partial charge in [0.1, 0.15) is 11.6 Å². The van der Waals surface area contributed by atoms with Gasteiger partial charge in [-0.15, -0.1) is 0 Å². The molecule has 1 aliphatic rings. The summed E-state index contributed by atoms with van der Waals surface area (Å²) in [6.45, 7) is 0.440. The Bertz CT molecular complexity index is 540. The molecule has 0 aromatic heterocycles. The van der Waals surface area contributed by atoms with Crippen molar-refractivity contribution in [3.05, 3.63) is 29.3 Å². The molecule has 3 N–H and O–H groups in total. The van der Waals surface area contributed by atoms with Gasteiger partial charge in [0.25, 0.3) is 5.91 Å². The number of nitrogen functional groups attached to an aromatic ring is 1. The highest BCUT2D eigenvalue weighted by molar-refractivity contribution is 5.95. The molecule has 2 rings (SSSR count). The van der Waals surface area contributed by atoms with Crippen molar-refractivity contribution >= 4 is 11.6 Å². The van der Waals surface area contributed by atoms with Crippen LogP contribution in [0.4, 0.5) is 14.5 Å². The van der Waals surface area contributed by atoms with E-state index in [1.807, 2.05) is 14.1 Å². The van der Waals surface area contributed by atoms with Gasteiger partial charge in [0, 0.05) is 18.2 Å². The van der Waals surface area contributed by atoms with Crippen LogP contribution in [-0.4, -0.2) is 37.0 Å². The molecule has 0 aliphatic heterocycles. The van der Waals surface area contributed by atoms with E-state index >= 15 is 0 Å². The predicted molar refractivity (Wildman–Crippen MR) is 78.0 cm³/mol. The molecule has 4 nitrogen and oxygen atoms in total. The fraction of sp³-hybridized carbons (Fsp3) is 0.533. The predicted octanol–water partition coefficient (Wildman–Crippen LogP) is 2.15. The van der Waals surface area contributed by atoms with Crippen LogP contribution in [0, 0.1) is 11.6 Å². The van der Waals surface area contributed by atoms with Gasteiger partial charge in [-0.05, 0) is 33.0 Å². The molecule has 0 bridgehead atoms. The molecule has 0 spiro atoms. The van der Waals surface area contributed by atoms with Crippen LogP contribution in [0.2, 0.25) is 0 Å². The number of benzene rings is 1. The summed E-state index contributed by atoms with van der Waals surface area (Å²) < 4.78 is 26.8. The summed E-state index contributed by atoms with van der Waals surface area (Å²) in [4.78, 5) is 14.2. The first-order chi connectivity index (χ1) is 9.85. The Kier molecular flexibility index (Phi) is 4.46. The van der Waals surface area contributed by atoms with Crippen LogP contribution in [0.1, 0.15) is 36.0 Å². The van der Waals surface area contributed by atoms with Gasteiger partial charge < -0.3 is 16.0 Å². The zero-order valence-electron chi connectivity index (χ0n) is 12.4. The second-order valence-corrected chi connectivity index (χ2v) is 5.86. The third kappa shape index (κ3) is 3.15. The van der Waals surface area contributed by atoms with Crippen molar-refractivity contribution in [2.24, 2.45) is 0 Å². The Morgan fingerprint density at radius 2 is 1.90 bits per heavy atom. The van der Waals surface area contributed by atoms with Gasteiger partial charge in [-0.3, -0.25) is 4.79 Å². The van der Waals surface area contributed by atoms with Crippen molar-refractivity contribution in [2.75, 3.05) is 26.4 Å². The molecule has 1 aromatic rings. The molecule has 0 unspecified atom stereocenters. The highest BCUT2D eigenvalue weighted by atomic mass is 19.1. The molecule has 6 heteroatoms.